The molecule has 0 aromatic heterocycles. The average molecular weight is 294 g/mol. The number of morpholine rings is 1. The molecule has 6 heteroatoms. The van der Waals surface area contributed by atoms with E-state index in [9.17, 15) is 10.1 Å². The lowest BCUT2D eigenvalue weighted by Gasteiger charge is -2.35. The van der Waals surface area contributed by atoms with Gasteiger partial charge in [-0.25, -0.2) is 0 Å². The first-order valence-corrected chi connectivity index (χ1v) is 7.21. The topological polar surface area (TPSA) is 64.8 Å². The van der Waals surface area contributed by atoms with E-state index in [1.54, 1.807) is 12.1 Å². The van der Waals surface area contributed by atoms with Gasteiger partial charge in [0.25, 0.3) is 0 Å². The summed E-state index contributed by atoms with van der Waals surface area (Å²) in [5.41, 5.74) is 0.966. The zero-order valence-corrected chi connectivity index (χ0v) is 12.7. The summed E-state index contributed by atoms with van der Waals surface area (Å²) < 4.78 is 11.3. The molecule has 1 fully saturated rings. The monoisotopic (exact) mass is 294 g/mol. The third-order valence-corrected chi connectivity index (χ3v) is 3.47. The van der Waals surface area contributed by atoms with Crippen LogP contribution in [0.2, 0.25) is 0 Å². The lowest BCUT2D eigenvalue weighted by Crippen LogP contribution is -2.46. The molecule has 1 aliphatic rings. The molecule has 2 rings (SSSR count). The van der Waals surface area contributed by atoms with Gasteiger partial charge in [0.2, 0.25) is 0 Å². The molecule has 2 atom stereocenters. The van der Waals surface area contributed by atoms with Crippen molar-refractivity contribution in [3.8, 4) is 5.75 Å². The van der Waals surface area contributed by atoms with Crippen molar-refractivity contribution < 1.29 is 14.4 Å². The highest BCUT2D eigenvalue weighted by molar-refractivity contribution is 5.48. The molecule has 1 heterocycles. The summed E-state index contributed by atoms with van der Waals surface area (Å²) >= 11 is 0. The Labute approximate surface area is 124 Å². The number of rotatable bonds is 5. The second kappa shape index (κ2) is 6.87. The SMILES string of the molecule is Cc1ccc([N+](=O)[O-])c(OCCN2C[C@@H](C)O[C@@H](C)C2)c1. The van der Waals surface area contributed by atoms with E-state index in [2.05, 4.69) is 18.7 Å². The molecule has 1 aliphatic heterocycles. The fourth-order valence-corrected chi connectivity index (χ4v) is 2.64. The second-order valence-electron chi connectivity index (χ2n) is 5.59. The van der Waals surface area contributed by atoms with Crippen molar-refractivity contribution in [2.45, 2.75) is 33.0 Å². The molecule has 0 aliphatic carbocycles. The van der Waals surface area contributed by atoms with Crippen LogP contribution in [0.1, 0.15) is 19.4 Å². The Hall–Kier alpha value is -1.66. The molecular formula is C15H22N2O4. The predicted molar refractivity (Wildman–Crippen MR) is 79.8 cm³/mol. The van der Waals surface area contributed by atoms with Crippen molar-refractivity contribution in [2.24, 2.45) is 0 Å². The Morgan fingerprint density at radius 3 is 2.67 bits per heavy atom. The first-order valence-electron chi connectivity index (χ1n) is 7.21. The minimum atomic E-state index is -0.409. The maximum absolute atomic E-state index is 11.0. The van der Waals surface area contributed by atoms with Gasteiger partial charge >= 0.3 is 5.69 Å². The Kier molecular flexibility index (Phi) is 5.14. The van der Waals surface area contributed by atoms with Crippen LogP contribution in [0.4, 0.5) is 5.69 Å². The van der Waals surface area contributed by atoms with Gasteiger partial charge in [0.1, 0.15) is 6.61 Å². The van der Waals surface area contributed by atoms with Crippen molar-refractivity contribution in [1.29, 1.82) is 0 Å². The lowest BCUT2D eigenvalue weighted by molar-refractivity contribution is -0.385. The summed E-state index contributed by atoms with van der Waals surface area (Å²) in [5, 5.41) is 11.0. The fraction of sp³-hybridized carbons (Fsp3) is 0.600. The maximum Gasteiger partial charge on any atom is 0.310 e. The van der Waals surface area contributed by atoms with Crippen molar-refractivity contribution in [2.75, 3.05) is 26.2 Å². The molecule has 0 radical (unpaired) electrons. The number of aryl methyl sites for hydroxylation is 1. The van der Waals surface area contributed by atoms with Crippen molar-refractivity contribution in [3.05, 3.63) is 33.9 Å². The minimum Gasteiger partial charge on any atom is -0.485 e. The van der Waals surface area contributed by atoms with Gasteiger partial charge in [0.15, 0.2) is 5.75 Å². The van der Waals surface area contributed by atoms with Gasteiger partial charge in [0.05, 0.1) is 17.1 Å². The second-order valence-corrected chi connectivity index (χ2v) is 5.59. The number of hydrogen-bond donors (Lipinski definition) is 0. The number of benzene rings is 1. The smallest absolute Gasteiger partial charge is 0.310 e. The molecule has 21 heavy (non-hydrogen) atoms. The van der Waals surface area contributed by atoms with Gasteiger partial charge in [-0.3, -0.25) is 15.0 Å². The van der Waals surface area contributed by atoms with E-state index in [4.69, 9.17) is 9.47 Å². The molecule has 116 valence electrons. The molecule has 1 aromatic carbocycles. The van der Waals surface area contributed by atoms with Crippen LogP contribution in [0.25, 0.3) is 0 Å². The quantitative estimate of drug-likeness (QED) is 0.616. The van der Waals surface area contributed by atoms with Crippen LogP contribution < -0.4 is 4.74 Å². The van der Waals surface area contributed by atoms with Crippen molar-refractivity contribution >= 4 is 5.69 Å². The van der Waals surface area contributed by atoms with Crippen LogP contribution in [-0.2, 0) is 4.74 Å². The van der Waals surface area contributed by atoms with Gasteiger partial charge in [-0.15, -0.1) is 0 Å². The lowest BCUT2D eigenvalue weighted by atomic mass is 10.2. The molecule has 0 N–H and O–H groups in total. The number of hydrogen-bond acceptors (Lipinski definition) is 5. The average Bonchev–Trinajstić information content (AvgIpc) is 2.37. The van der Waals surface area contributed by atoms with Crippen LogP contribution in [0.3, 0.4) is 0 Å². The highest BCUT2D eigenvalue weighted by Crippen LogP contribution is 2.27. The molecule has 1 saturated heterocycles. The van der Waals surface area contributed by atoms with E-state index in [0.717, 1.165) is 25.2 Å². The minimum absolute atomic E-state index is 0.0179. The fourth-order valence-electron chi connectivity index (χ4n) is 2.64. The normalized spacial score (nSPS) is 23.0. The third kappa shape index (κ3) is 4.41. The summed E-state index contributed by atoms with van der Waals surface area (Å²) in [6, 6.07) is 4.92. The molecule has 0 spiro atoms. The summed E-state index contributed by atoms with van der Waals surface area (Å²) in [6.45, 7) is 8.89. The molecular weight excluding hydrogens is 272 g/mol. The van der Waals surface area contributed by atoms with E-state index in [0.29, 0.717) is 12.4 Å². The van der Waals surface area contributed by atoms with Crippen LogP contribution in [0.5, 0.6) is 5.75 Å². The Balaban J connectivity index is 1.91. The zero-order valence-electron chi connectivity index (χ0n) is 12.7. The largest absolute Gasteiger partial charge is 0.485 e. The maximum atomic E-state index is 11.0. The summed E-state index contributed by atoms with van der Waals surface area (Å²) in [6.07, 6.45) is 0.420. The summed E-state index contributed by atoms with van der Waals surface area (Å²) in [7, 11) is 0. The third-order valence-electron chi connectivity index (χ3n) is 3.47. The van der Waals surface area contributed by atoms with E-state index >= 15 is 0 Å². The standard InChI is InChI=1S/C15H22N2O4/c1-11-4-5-14(17(18)19)15(8-11)20-7-6-16-9-12(2)21-13(3)10-16/h4-5,8,12-13H,6-7,9-10H2,1-3H3/t12-,13+. The van der Waals surface area contributed by atoms with Crippen molar-refractivity contribution in [1.82, 2.24) is 4.90 Å². The number of nitro groups is 1. The number of nitrogens with zero attached hydrogens (tertiary/aromatic N) is 2. The predicted octanol–water partition coefficient (Wildman–Crippen LogP) is 2.39. The van der Waals surface area contributed by atoms with Gasteiger partial charge in [0, 0.05) is 25.7 Å². The van der Waals surface area contributed by atoms with Gasteiger partial charge < -0.3 is 9.47 Å². The van der Waals surface area contributed by atoms with Gasteiger partial charge in [-0.2, -0.15) is 0 Å². The van der Waals surface area contributed by atoms with E-state index in [1.807, 2.05) is 6.92 Å². The molecule has 0 amide bonds. The molecule has 1 aromatic rings. The first-order chi connectivity index (χ1) is 9.95. The molecule has 0 unspecified atom stereocenters. The van der Waals surface area contributed by atoms with E-state index in [-0.39, 0.29) is 17.9 Å². The van der Waals surface area contributed by atoms with Crippen LogP contribution in [-0.4, -0.2) is 48.3 Å². The van der Waals surface area contributed by atoms with Crippen LogP contribution in [0, 0.1) is 17.0 Å². The first kappa shape index (κ1) is 15.7. The number of ether oxygens (including phenoxy) is 2. The number of nitro benzene ring substituents is 1. The summed E-state index contributed by atoms with van der Waals surface area (Å²) in [5.74, 6) is 0.342. The van der Waals surface area contributed by atoms with Crippen LogP contribution in [0.15, 0.2) is 18.2 Å². The van der Waals surface area contributed by atoms with Gasteiger partial charge in [-0.1, -0.05) is 6.07 Å². The molecule has 6 nitrogen and oxygen atoms in total. The highest BCUT2D eigenvalue weighted by Gasteiger charge is 2.22. The Bertz CT molecular complexity index is 496. The zero-order chi connectivity index (χ0) is 15.4. The van der Waals surface area contributed by atoms with Gasteiger partial charge in [-0.05, 0) is 32.4 Å². The molecule has 0 saturated carbocycles. The van der Waals surface area contributed by atoms with Crippen LogP contribution >= 0.6 is 0 Å². The Morgan fingerprint density at radius 2 is 2.05 bits per heavy atom. The highest BCUT2D eigenvalue weighted by atomic mass is 16.6. The Morgan fingerprint density at radius 1 is 1.38 bits per heavy atom. The van der Waals surface area contributed by atoms with E-state index < -0.39 is 4.92 Å². The van der Waals surface area contributed by atoms with E-state index in [1.165, 1.54) is 6.07 Å². The summed E-state index contributed by atoms with van der Waals surface area (Å²) in [4.78, 5) is 12.8. The molecule has 0 bridgehead atoms. The van der Waals surface area contributed by atoms with Crippen molar-refractivity contribution in [3.63, 3.8) is 0 Å².